The second-order valence-corrected chi connectivity index (χ2v) is 4.38. The van der Waals surface area contributed by atoms with Crippen molar-refractivity contribution in [3.63, 3.8) is 0 Å². The summed E-state index contributed by atoms with van der Waals surface area (Å²) in [5.74, 6) is 0. The second kappa shape index (κ2) is 5.64. The first-order valence-corrected chi connectivity index (χ1v) is 5.98. The van der Waals surface area contributed by atoms with E-state index in [0.717, 1.165) is 16.3 Å². The molecule has 0 fully saturated rings. The minimum Gasteiger partial charge on any atom is -0.386 e. The average Bonchev–Trinajstić information content (AvgIpc) is 2.87. The van der Waals surface area contributed by atoms with Crippen molar-refractivity contribution in [2.24, 2.45) is 5.73 Å². The van der Waals surface area contributed by atoms with Crippen LogP contribution in [0.1, 0.15) is 22.9 Å². The van der Waals surface area contributed by atoms with Gasteiger partial charge in [-0.15, -0.1) is 0 Å². The zero-order valence-corrected chi connectivity index (χ0v) is 10.5. The highest BCUT2D eigenvalue weighted by molar-refractivity contribution is 5.24. The number of benzene rings is 1. The zero-order valence-electron chi connectivity index (χ0n) is 10.5. The van der Waals surface area contributed by atoms with Crippen molar-refractivity contribution >= 4 is 0 Å². The van der Waals surface area contributed by atoms with Crippen molar-refractivity contribution in [2.75, 3.05) is 0 Å². The van der Waals surface area contributed by atoms with E-state index in [0.29, 0.717) is 12.1 Å². The van der Waals surface area contributed by atoms with E-state index >= 15 is 0 Å². The molecule has 0 saturated heterocycles. The van der Waals surface area contributed by atoms with Gasteiger partial charge in [0, 0.05) is 12.7 Å². The van der Waals surface area contributed by atoms with E-state index in [4.69, 9.17) is 5.73 Å². The number of aliphatic hydroxyl groups is 1. The first kappa shape index (κ1) is 14.5. The molecule has 4 nitrogen and oxygen atoms in total. The summed E-state index contributed by atoms with van der Waals surface area (Å²) >= 11 is 0. The van der Waals surface area contributed by atoms with Crippen LogP contribution in [0, 0.1) is 0 Å². The van der Waals surface area contributed by atoms with E-state index in [9.17, 15) is 18.3 Å². The van der Waals surface area contributed by atoms with Crippen LogP contribution >= 0.6 is 0 Å². The minimum absolute atomic E-state index is 0.0436. The summed E-state index contributed by atoms with van der Waals surface area (Å²) in [6.07, 6.45) is -4.21. The molecule has 0 amide bonds. The van der Waals surface area contributed by atoms with E-state index in [-0.39, 0.29) is 6.54 Å². The third-order valence-electron chi connectivity index (χ3n) is 2.89. The lowest BCUT2D eigenvalue weighted by atomic mass is 10.1. The summed E-state index contributed by atoms with van der Waals surface area (Å²) < 4.78 is 38.3. The highest BCUT2D eigenvalue weighted by Gasteiger charge is 2.33. The third-order valence-corrected chi connectivity index (χ3v) is 2.89. The van der Waals surface area contributed by atoms with Gasteiger partial charge in [-0.1, -0.05) is 24.3 Å². The Morgan fingerprint density at radius 3 is 2.35 bits per heavy atom. The van der Waals surface area contributed by atoms with Gasteiger partial charge >= 0.3 is 6.18 Å². The molecule has 2 rings (SSSR count). The second-order valence-electron chi connectivity index (χ2n) is 4.38. The van der Waals surface area contributed by atoms with Crippen molar-refractivity contribution < 1.29 is 18.3 Å². The number of hydrogen-bond donors (Lipinski definition) is 2. The summed E-state index contributed by atoms with van der Waals surface area (Å²) in [7, 11) is 0. The van der Waals surface area contributed by atoms with Crippen molar-refractivity contribution in [2.45, 2.75) is 25.4 Å². The highest BCUT2D eigenvalue weighted by Crippen LogP contribution is 2.27. The van der Waals surface area contributed by atoms with Gasteiger partial charge in [-0.2, -0.15) is 18.3 Å². The Morgan fingerprint density at radius 2 is 1.85 bits per heavy atom. The van der Waals surface area contributed by atoms with Crippen LogP contribution in [0.5, 0.6) is 0 Å². The van der Waals surface area contributed by atoms with Crippen LogP contribution in [0.3, 0.4) is 0 Å². The molecule has 1 aromatic carbocycles. The molecule has 0 aliphatic carbocycles. The molecule has 1 atom stereocenters. The molecule has 0 aliphatic rings. The SMILES string of the molecule is NCc1ccc(C(O)Cn2ccc(C(F)(F)F)n2)cc1. The molecule has 0 radical (unpaired) electrons. The maximum Gasteiger partial charge on any atom is 0.435 e. The molecule has 20 heavy (non-hydrogen) atoms. The van der Waals surface area contributed by atoms with Gasteiger partial charge in [-0.3, -0.25) is 4.68 Å². The van der Waals surface area contributed by atoms with E-state index in [1.165, 1.54) is 6.20 Å². The van der Waals surface area contributed by atoms with Crippen LogP contribution in [0.15, 0.2) is 36.5 Å². The van der Waals surface area contributed by atoms with Gasteiger partial charge in [0.05, 0.1) is 12.6 Å². The molecular formula is C13H14F3N3O. The van der Waals surface area contributed by atoms with Crippen LogP contribution in [-0.2, 0) is 19.3 Å². The summed E-state index contributed by atoms with van der Waals surface area (Å²) in [5, 5.41) is 13.4. The van der Waals surface area contributed by atoms with Crippen LogP contribution < -0.4 is 5.73 Å². The minimum atomic E-state index is -4.47. The zero-order chi connectivity index (χ0) is 14.8. The molecule has 0 aliphatic heterocycles. The lowest BCUT2D eigenvalue weighted by Crippen LogP contribution is -2.12. The fourth-order valence-corrected chi connectivity index (χ4v) is 1.77. The molecule has 0 spiro atoms. The number of nitrogens with two attached hydrogens (primary N) is 1. The van der Waals surface area contributed by atoms with Crippen molar-refractivity contribution in [1.82, 2.24) is 9.78 Å². The Morgan fingerprint density at radius 1 is 1.20 bits per heavy atom. The first-order valence-electron chi connectivity index (χ1n) is 5.98. The Hall–Kier alpha value is -1.86. The number of nitrogens with zero attached hydrogens (tertiary/aromatic N) is 2. The van der Waals surface area contributed by atoms with Gasteiger partial charge in [0.2, 0.25) is 0 Å². The van der Waals surface area contributed by atoms with Gasteiger partial charge < -0.3 is 10.8 Å². The number of hydrogen-bond acceptors (Lipinski definition) is 3. The summed E-state index contributed by atoms with van der Waals surface area (Å²) in [6.45, 7) is 0.350. The molecular weight excluding hydrogens is 271 g/mol. The average molecular weight is 285 g/mol. The van der Waals surface area contributed by atoms with Crippen LogP contribution in [-0.4, -0.2) is 14.9 Å². The number of aliphatic hydroxyl groups excluding tert-OH is 1. The smallest absolute Gasteiger partial charge is 0.386 e. The van der Waals surface area contributed by atoms with Gasteiger partial charge in [-0.05, 0) is 17.2 Å². The lowest BCUT2D eigenvalue weighted by molar-refractivity contribution is -0.141. The molecule has 1 heterocycles. The van der Waals surface area contributed by atoms with Crippen LogP contribution in [0.4, 0.5) is 13.2 Å². The Kier molecular flexibility index (Phi) is 4.10. The Bertz CT molecular complexity index is 563. The van der Waals surface area contributed by atoms with E-state index in [1.54, 1.807) is 24.3 Å². The fraction of sp³-hybridized carbons (Fsp3) is 0.308. The fourth-order valence-electron chi connectivity index (χ4n) is 1.77. The number of halogens is 3. The molecule has 108 valence electrons. The van der Waals surface area contributed by atoms with Gasteiger partial charge in [0.1, 0.15) is 0 Å². The highest BCUT2D eigenvalue weighted by atomic mass is 19.4. The molecule has 1 unspecified atom stereocenters. The summed E-state index contributed by atoms with van der Waals surface area (Å²) in [4.78, 5) is 0. The monoisotopic (exact) mass is 285 g/mol. The Labute approximate surface area is 113 Å². The predicted molar refractivity (Wildman–Crippen MR) is 66.5 cm³/mol. The molecule has 1 aromatic heterocycles. The number of aromatic nitrogens is 2. The maximum absolute atomic E-state index is 12.4. The lowest BCUT2D eigenvalue weighted by Gasteiger charge is -2.11. The van der Waals surface area contributed by atoms with Crippen molar-refractivity contribution in [3.05, 3.63) is 53.3 Å². The van der Waals surface area contributed by atoms with E-state index < -0.39 is 18.0 Å². The van der Waals surface area contributed by atoms with Crippen LogP contribution in [0.2, 0.25) is 0 Å². The largest absolute Gasteiger partial charge is 0.435 e. The van der Waals surface area contributed by atoms with Gasteiger partial charge in [-0.25, -0.2) is 0 Å². The molecule has 2 aromatic rings. The van der Waals surface area contributed by atoms with Gasteiger partial charge in [0.15, 0.2) is 5.69 Å². The van der Waals surface area contributed by atoms with E-state index in [2.05, 4.69) is 5.10 Å². The topological polar surface area (TPSA) is 64.1 Å². The van der Waals surface area contributed by atoms with Crippen molar-refractivity contribution in [3.8, 4) is 0 Å². The van der Waals surface area contributed by atoms with Gasteiger partial charge in [0.25, 0.3) is 0 Å². The Balaban J connectivity index is 2.07. The first-order chi connectivity index (χ1) is 9.40. The molecule has 3 N–H and O–H groups in total. The third kappa shape index (κ3) is 3.37. The number of alkyl halides is 3. The standard InChI is InChI=1S/C13H14F3N3O/c14-13(15,16)12-5-6-19(18-12)8-11(20)10-3-1-9(7-17)2-4-10/h1-6,11,20H,7-8,17H2. The van der Waals surface area contributed by atoms with Crippen molar-refractivity contribution in [1.29, 1.82) is 0 Å². The quantitative estimate of drug-likeness (QED) is 0.904. The number of rotatable bonds is 4. The summed E-state index contributed by atoms with van der Waals surface area (Å²) in [6, 6.07) is 7.80. The van der Waals surface area contributed by atoms with Crippen LogP contribution in [0.25, 0.3) is 0 Å². The summed E-state index contributed by atoms with van der Waals surface area (Å²) in [5.41, 5.74) is 6.01. The molecule has 7 heteroatoms. The molecule has 0 saturated carbocycles. The van der Waals surface area contributed by atoms with E-state index in [1.807, 2.05) is 0 Å². The predicted octanol–water partition coefficient (Wildman–Crippen LogP) is 2.09. The maximum atomic E-state index is 12.4. The molecule has 0 bridgehead atoms. The normalized spacial score (nSPS) is 13.4.